The highest BCUT2D eigenvalue weighted by Gasteiger charge is 2.10. The number of nitrogens with zero attached hydrogens (tertiary/aromatic N) is 1. The van der Waals surface area contributed by atoms with Gasteiger partial charge in [-0.25, -0.2) is 4.39 Å². The van der Waals surface area contributed by atoms with E-state index in [0.717, 1.165) is 6.07 Å². The van der Waals surface area contributed by atoms with Crippen molar-refractivity contribution in [2.75, 3.05) is 0 Å². The Hall–Kier alpha value is -1.59. The molecular formula is C7H4F3NO2. The zero-order valence-corrected chi connectivity index (χ0v) is 6.21. The van der Waals surface area contributed by atoms with Gasteiger partial charge in [0.1, 0.15) is 5.69 Å². The van der Waals surface area contributed by atoms with E-state index in [2.05, 4.69) is 9.72 Å². The van der Waals surface area contributed by atoms with Crippen molar-refractivity contribution in [1.29, 1.82) is 0 Å². The summed E-state index contributed by atoms with van der Waals surface area (Å²) in [6.45, 7) is -3.13. The Balaban J connectivity index is 2.96. The Morgan fingerprint density at radius 3 is 2.77 bits per heavy atom. The summed E-state index contributed by atoms with van der Waals surface area (Å²) in [6.07, 6.45) is 0.944. The van der Waals surface area contributed by atoms with E-state index < -0.39 is 18.2 Å². The van der Waals surface area contributed by atoms with E-state index in [0.29, 0.717) is 12.5 Å². The van der Waals surface area contributed by atoms with E-state index in [1.54, 1.807) is 0 Å². The van der Waals surface area contributed by atoms with E-state index in [9.17, 15) is 18.0 Å². The minimum atomic E-state index is -3.13. The minimum absolute atomic E-state index is 0.169. The molecule has 0 aliphatic rings. The number of aromatic nitrogens is 1. The van der Waals surface area contributed by atoms with Gasteiger partial charge >= 0.3 is 6.61 Å². The molecular weight excluding hydrogens is 187 g/mol. The molecule has 0 atom stereocenters. The van der Waals surface area contributed by atoms with Crippen LogP contribution < -0.4 is 4.74 Å². The van der Waals surface area contributed by atoms with Crippen molar-refractivity contribution in [2.24, 2.45) is 0 Å². The Morgan fingerprint density at radius 2 is 2.23 bits per heavy atom. The third kappa shape index (κ3) is 2.43. The maximum absolute atomic E-state index is 12.6. The van der Waals surface area contributed by atoms with Gasteiger partial charge in [0, 0.05) is 6.07 Å². The number of pyridine rings is 1. The second-order valence-corrected chi connectivity index (χ2v) is 2.04. The molecule has 0 saturated carbocycles. The zero-order chi connectivity index (χ0) is 9.84. The van der Waals surface area contributed by atoms with Crippen molar-refractivity contribution < 1.29 is 22.7 Å². The number of alkyl halides is 2. The van der Waals surface area contributed by atoms with Crippen LogP contribution in [0, 0.1) is 5.82 Å². The quantitative estimate of drug-likeness (QED) is 0.681. The number of carbonyl (C=O) groups excluding carboxylic acids is 1. The van der Waals surface area contributed by atoms with Gasteiger partial charge in [0.25, 0.3) is 0 Å². The monoisotopic (exact) mass is 191 g/mol. The van der Waals surface area contributed by atoms with Crippen LogP contribution in [0.3, 0.4) is 0 Å². The average molecular weight is 191 g/mol. The normalized spacial score (nSPS) is 10.2. The fourth-order valence-corrected chi connectivity index (χ4v) is 0.686. The van der Waals surface area contributed by atoms with Crippen LogP contribution >= 0.6 is 0 Å². The van der Waals surface area contributed by atoms with Crippen LogP contribution in [0.5, 0.6) is 5.75 Å². The van der Waals surface area contributed by atoms with Crippen LogP contribution in [0.2, 0.25) is 0 Å². The first-order chi connectivity index (χ1) is 6.13. The first-order valence-electron chi connectivity index (χ1n) is 3.19. The third-order valence-electron chi connectivity index (χ3n) is 1.18. The van der Waals surface area contributed by atoms with Gasteiger partial charge in [0.2, 0.25) is 0 Å². The largest absolute Gasteiger partial charge is 0.432 e. The smallest absolute Gasteiger partial charge is 0.387 e. The van der Waals surface area contributed by atoms with Crippen molar-refractivity contribution in [3.8, 4) is 5.75 Å². The summed E-state index contributed by atoms with van der Waals surface area (Å²) in [6, 6.07) is 0.800. The fourth-order valence-electron chi connectivity index (χ4n) is 0.686. The number of hydrogen-bond donors (Lipinski definition) is 0. The standard InChI is InChI=1S/C7H4F3NO2/c8-5-2-11-4(3-12)1-6(5)13-7(9)10/h1-3,7H. The first kappa shape index (κ1) is 9.50. The summed E-state index contributed by atoms with van der Waals surface area (Å²) >= 11 is 0. The molecule has 6 heteroatoms. The molecule has 1 rings (SSSR count). The highest BCUT2D eigenvalue weighted by Crippen LogP contribution is 2.18. The summed E-state index contributed by atoms with van der Waals surface area (Å²) in [5.41, 5.74) is -0.169. The molecule has 0 aliphatic carbocycles. The topological polar surface area (TPSA) is 39.2 Å². The van der Waals surface area contributed by atoms with Gasteiger partial charge in [-0.2, -0.15) is 8.78 Å². The molecule has 0 N–H and O–H groups in total. The molecule has 70 valence electrons. The first-order valence-corrected chi connectivity index (χ1v) is 3.19. The van der Waals surface area contributed by atoms with Crippen molar-refractivity contribution in [3.63, 3.8) is 0 Å². The molecule has 0 spiro atoms. The van der Waals surface area contributed by atoms with Gasteiger partial charge in [-0.05, 0) is 0 Å². The molecule has 0 fully saturated rings. The maximum atomic E-state index is 12.6. The molecule has 0 radical (unpaired) electrons. The predicted octanol–water partition coefficient (Wildman–Crippen LogP) is 1.63. The molecule has 0 bridgehead atoms. The predicted molar refractivity (Wildman–Crippen MR) is 36.2 cm³/mol. The molecule has 0 unspecified atom stereocenters. The van der Waals surface area contributed by atoms with Crippen LogP contribution in [-0.2, 0) is 0 Å². The Kier molecular flexibility index (Phi) is 2.84. The number of hydrogen-bond acceptors (Lipinski definition) is 3. The van der Waals surface area contributed by atoms with Crippen molar-refractivity contribution in [2.45, 2.75) is 6.61 Å². The van der Waals surface area contributed by atoms with E-state index in [1.165, 1.54) is 0 Å². The van der Waals surface area contributed by atoms with Gasteiger partial charge in [-0.3, -0.25) is 9.78 Å². The van der Waals surface area contributed by atoms with E-state index in [1.807, 2.05) is 0 Å². The van der Waals surface area contributed by atoms with Crippen LogP contribution in [0.25, 0.3) is 0 Å². The van der Waals surface area contributed by atoms with Gasteiger partial charge in [-0.15, -0.1) is 0 Å². The molecule has 1 aromatic rings. The van der Waals surface area contributed by atoms with Crippen LogP contribution in [0.1, 0.15) is 10.5 Å². The second-order valence-electron chi connectivity index (χ2n) is 2.04. The molecule has 13 heavy (non-hydrogen) atoms. The number of aldehydes is 1. The number of carbonyl (C=O) groups is 1. The summed E-state index contributed by atoms with van der Waals surface area (Å²) < 4.78 is 39.7. The number of halogens is 3. The number of ether oxygens (including phenoxy) is 1. The van der Waals surface area contributed by atoms with E-state index in [4.69, 9.17) is 0 Å². The summed E-state index contributed by atoms with van der Waals surface area (Å²) in [5.74, 6) is -1.72. The van der Waals surface area contributed by atoms with Crippen LogP contribution in [0.4, 0.5) is 13.2 Å². The molecule has 0 amide bonds. The highest BCUT2D eigenvalue weighted by molar-refractivity contribution is 5.72. The van der Waals surface area contributed by atoms with E-state index in [-0.39, 0.29) is 5.69 Å². The molecule has 0 saturated heterocycles. The van der Waals surface area contributed by atoms with Gasteiger partial charge in [0.15, 0.2) is 17.9 Å². The van der Waals surface area contributed by atoms with Crippen molar-refractivity contribution >= 4 is 6.29 Å². The molecule has 3 nitrogen and oxygen atoms in total. The molecule has 1 aromatic heterocycles. The summed E-state index contributed by atoms with van der Waals surface area (Å²) in [4.78, 5) is 13.4. The van der Waals surface area contributed by atoms with Crippen LogP contribution in [0.15, 0.2) is 12.3 Å². The minimum Gasteiger partial charge on any atom is -0.432 e. The van der Waals surface area contributed by atoms with Crippen molar-refractivity contribution in [1.82, 2.24) is 4.98 Å². The fraction of sp³-hybridized carbons (Fsp3) is 0.143. The second kappa shape index (κ2) is 3.88. The zero-order valence-electron chi connectivity index (χ0n) is 6.21. The molecule has 0 aliphatic heterocycles. The Morgan fingerprint density at radius 1 is 1.54 bits per heavy atom. The Labute approximate surface area is 71.2 Å². The lowest BCUT2D eigenvalue weighted by Gasteiger charge is -2.04. The van der Waals surface area contributed by atoms with E-state index >= 15 is 0 Å². The average Bonchev–Trinajstić information content (AvgIpc) is 2.08. The maximum Gasteiger partial charge on any atom is 0.387 e. The summed E-state index contributed by atoms with van der Waals surface area (Å²) in [5, 5.41) is 0. The molecule has 1 heterocycles. The lowest BCUT2D eigenvalue weighted by molar-refractivity contribution is -0.0523. The summed E-state index contributed by atoms with van der Waals surface area (Å²) in [7, 11) is 0. The lowest BCUT2D eigenvalue weighted by Crippen LogP contribution is -2.04. The van der Waals surface area contributed by atoms with Crippen molar-refractivity contribution in [3.05, 3.63) is 23.8 Å². The SMILES string of the molecule is O=Cc1cc(OC(F)F)c(F)cn1. The third-order valence-corrected chi connectivity index (χ3v) is 1.18. The molecule has 0 aromatic carbocycles. The Bertz CT molecular complexity index is 317. The van der Waals surface area contributed by atoms with Gasteiger partial charge < -0.3 is 4.74 Å². The van der Waals surface area contributed by atoms with Gasteiger partial charge in [-0.1, -0.05) is 0 Å². The highest BCUT2D eigenvalue weighted by atomic mass is 19.3. The van der Waals surface area contributed by atoms with Gasteiger partial charge in [0.05, 0.1) is 6.20 Å². The van der Waals surface area contributed by atoms with Crippen LogP contribution in [-0.4, -0.2) is 17.9 Å². The number of rotatable bonds is 3. The lowest BCUT2D eigenvalue weighted by atomic mass is 10.3.